The van der Waals surface area contributed by atoms with Gasteiger partial charge in [-0.25, -0.2) is 4.39 Å². The molecule has 154 valence electrons. The first-order chi connectivity index (χ1) is 14.4. The molecule has 2 aliphatic rings. The topological polar surface area (TPSA) is 101 Å². The summed E-state index contributed by atoms with van der Waals surface area (Å²) in [6.07, 6.45) is 3.33. The first kappa shape index (κ1) is 19.8. The molecule has 1 aliphatic heterocycles. The standard InChI is InChI=1S/C22H19FN2O5/c23-15-10-8-13(9-11-15)19-18(20(26)14-4-3-7-17(12-14)25(29)30)21(27)22(28)24(19)16-5-1-2-6-16/h3-4,7-12,16,19,26H,1-2,5-6H2/b20-18-. The molecule has 4 rings (SSSR count). The van der Waals surface area contributed by atoms with Crippen LogP contribution in [0.3, 0.4) is 0 Å². The lowest BCUT2D eigenvalue weighted by Crippen LogP contribution is -2.37. The number of carbonyl (C=O) groups excluding carboxylic acids is 2. The van der Waals surface area contributed by atoms with Crippen LogP contribution < -0.4 is 0 Å². The molecule has 1 unspecified atom stereocenters. The van der Waals surface area contributed by atoms with E-state index in [9.17, 15) is 29.2 Å². The number of halogens is 1. The number of nitro benzene ring substituents is 1. The number of aliphatic hydroxyl groups is 1. The minimum absolute atomic E-state index is 0.0701. The highest BCUT2D eigenvalue weighted by Crippen LogP contribution is 2.43. The van der Waals surface area contributed by atoms with Crippen molar-refractivity contribution in [3.63, 3.8) is 0 Å². The smallest absolute Gasteiger partial charge is 0.295 e. The second kappa shape index (κ2) is 7.70. The van der Waals surface area contributed by atoms with Crippen LogP contribution in [0.25, 0.3) is 5.76 Å². The van der Waals surface area contributed by atoms with Crippen LogP contribution in [0, 0.1) is 15.9 Å². The van der Waals surface area contributed by atoms with Crippen LogP contribution >= 0.6 is 0 Å². The third-order valence-corrected chi connectivity index (χ3v) is 5.71. The number of likely N-dealkylation sites (tertiary alicyclic amines) is 1. The van der Waals surface area contributed by atoms with Gasteiger partial charge in [0.05, 0.1) is 16.5 Å². The Balaban J connectivity index is 1.89. The predicted octanol–water partition coefficient (Wildman–Crippen LogP) is 4.10. The van der Waals surface area contributed by atoms with Gasteiger partial charge in [0.1, 0.15) is 11.6 Å². The summed E-state index contributed by atoms with van der Waals surface area (Å²) in [6, 6.07) is 9.64. The molecule has 1 saturated carbocycles. The maximum Gasteiger partial charge on any atom is 0.295 e. The van der Waals surface area contributed by atoms with Crippen molar-refractivity contribution in [3.8, 4) is 0 Å². The van der Waals surface area contributed by atoms with Gasteiger partial charge in [-0.3, -0.25) is 19.7 Å². The lowest BCUT2D eigenvalue weighted by molar-refractivity contribution is -0.384. The van der Waals surface area contributed by atoms with Gasteiger partial charge in [0.2, 0.25) is 0 Å². The maximum absolute atomic E-state index is 13.5. The first-order valence-corrected chi connectivity index (χ1v) is 9.69. The van der Waals surface area contributed by atoms with Gasteiger partial charge in [-0.2, -0.15) is 0 Å². The van der Waals surface area contributed by atoms with E-state index in [1.54, 1.807) is 0 Å². The Kier molecular flexibility index (Phi) is 5.07. The Morgan fingerprint density at radius 1 is 1.10 bits per heavy atom. The summed E-state index contributed by atoms with van der Waals surface area (Å²) in [6.45, 7) is 0. The van der Waals surface area contributed by atoms with Gasteiger partial charge in [-0.1, -0.05) is 37.1 Å². The maximum atomic E-state index is 13.5. The SMILES string of the molecule is O=C1C(=O)N(C2CCCC2)C(c2ccc(F)cc2)/C1=C(/O)c1cccc([N+](=O)[O-])c1. The fraction of sp³-hybridized carbons (Fsp3) is 0.273. The van der Waals surface area contributed by atoms with E-state index in [0.29, 0.717) is 5.56 Å². The lowest BCUT2D eigenvalue weighted by atomic mass is 9.94. The monoisotopic (exact) mass is 410 g/mol. The van der Waals surface area contributed by atoms with Gasteiger partial charge in [-0.15, -0.1) is 0 Å². The highest BCUT2D eigenvalue weighted by atomic mass is 19.1. The summed E-state index contributed by atoms with van der Waals surface area (Å²) in [5.41, 5.74) is 0.177. The van der Waals surface area contributed by atoms with E-state index < -0.39 is 34.2 Å². The number of amides is 1. The number of benzene rings is 2. The van der Waals surface area contributed by atoms with E-state index in [1.807, 2.05) is 0 Å². The fourth-order valence-corrected chi connectivity index (χ4v) is 4.30. The molecule has 1 atom stereocenters. The van der Waals surface area contributed by atoms with Crippen molar-refractivity contribution < 1.29 is 24.0 Å². The number of non-ortho nitro benzene ring substituents is 1. The molecule has 2 fully saturated rings. The molecule has 30 heavy (non-hydrogen) atoms. The highest BCUT2D eigenvalue weighted by Gasteiger charge is 2.49. The molecule has 1 heterocycles. The number of ketones is 1. The van der Waals surface area contributed by atoms with Gasteiger partial charge in [0, 0.05) is 23.7 Å². The second-order valence-electron chi connectivity index (χ2n) is 7.50. The Morgan fingerprint density at radius 2 is 1.77 bits per heavy atom. The number of hydrogen-bond donors (Lipinski definition) is 1. The molecular weight excluding hydrogens is 391 g/mol. The molecule has 2 aromatic carbocycles. The zero-order valence-electron chi connectivity index (χ0n) is 16.0. The summed E-state index contributed by atoms with van der Waals surface area (Å²) in [7, 11) is 0. The van der Waals surface area contributed by atoms with Crippen molar-refractivity contribution in [2.75, 3.05) is 0 Å². The quantitative estimate of drug-likeness (QED) is 0.269. The largest absolute Gasteiger partial charge is 0.507 e. The van der Waals surface area contributed by atoms with E-state index >= 15 is 0 Å². The van der Waals surface area contributed by atoms with Crippen molar-refractivity contribution >= 4 is 23.1 Å². The van der Waals surface area contributed by atoms with E-state index in [-0.39, 0.29) is 22.9 Å². The van der Waals surface area contributed by atoms with Crippen molar-refractivity contribution in [1.29, 1.82) is 0 Å². The average molecular weight is 410 g/mol. The minimum atomic E-state index is -0.882. The van der Waals surface area contributed by atoms with Crippen LogP contribution in [0.4, 0.5) is 10.1 Å². The molecule has 0 radical (unpaired) electrons. The molecule has 7 nitrogen and oxygen atoms in total. The van der Waals surface area contributed by atoms with Gasteiger partial charge < -0.3 is 10.0 Å². The van der Waals surface area contributed by atoms with Crippen LogP contribution in [0.15, 0.2) is 54.1 Å². The predicted molar refractivity (Wildman–Crippen MR) is 106 cm³/mol. The van der Waals surface area contributed by atoms with Crippen LogP contribution in [-0.4, -0.2) is 32.7 Å². The van der Waals surface area contributed by atoms with Crippen LogP contribution in [0.2, 0.25) is 0 Å². The molecule has 8 heteroatoms. The minimum Gasteiger partial charge on any atom is -0.507 e. The van der Waals surface area contributed by atoms with E-state index in [4.69, 9.17) is 0 Å². The van der Waals surface area contributed by atoms with Crippen molar-refractivity contribution in [1.82, 2.24) is 4.90 Å². The fourth-order valence-electron chi connectivity index (χ4n) is 4.30. The normalized spacial score (nSPS) is 21.4. The first-order valence-electron chi connectivity index (χ1n) is 9.69. The molecule has 0 aromatic heterocycles. The Labute approximate surface area is 171 Å². The van der Waals surface area contributed by atoms with Gasteiger partial charge >= 0.3 is 0 Å². The average Bonchev–Trinajstić information content (AvgIpc) is 3.35. The van der Waals surface area contributed by atoms with Crippen molar-refractivity contribution in [2.24, 2.45) is 0 Å². The molecule has 1 amide bonds. The number of rotatable bonds is 4. The van der Waals surface area contributed by atoms with Gasteiger partial charge in [0.25, 0.3) is 17.4 Å². The molecule has 0 bridgehead atoms. The number of Topliss-reactive ketones (excluding diaryl/α,β-unsaturated/α-hetero) is 1. The Morgan fingerprint density at radius 3 is 2.40 bits per heavy atom. The molecule has 1 N–H and O–H groups in total. The van der Waals surface area contributed by atoms with Crippen LogP contribution in [0.5, 0.6) is 0 Å². The zero-order chi connectivity index (χ0) is 21.4. The Bertz CT molecular complexity index is 1060. The molecule has 2 aromatic rings. The summed E-state index contributed by atoms with van der Waals surface area (Å²) in [4.78, 5) is 37.8. The second-order valence-corrected chi connectivity index (χ2v) is 7.50. The van der Waals surface area contributed by atoms with Gasteiger partial charge in [0.15, 0.2) is 0 Å². The van der Waals surface area contributed by atoms with Crippen LogP contribution in [0.1, 0.15) is 42.9 Å². The molecule has 1 aliphatic carbocycles. The summed E-state index contributed by atoms with van der Waals surface area (Å²) < 4.78 is 13.5. The number of hydrogen-bond acceptors (Lipinski definition) is 5. The van der Waals surface area contributed by atoms with E-state index in [2.05, 4.69) is 0 Å². The summed E-state index contributed by atoms with van der Waals surface area (Å²) in [5, 5.41) is 22.0. The van der Waals surface area contributed by atoms with Crippen molar-refractivity contribution in [2.45, 2.75) is 37.8 Å². The Hall–Kier alpha value is -3.55. The lowest BCUT2D eigenvalue weighted by Gasteiger charge is -2.30. The third-order valence-electron chi connectivity index (χ3n) is 5.71. The number of nitro groups is 1. The summed E-state index contributed by atoms with van der Waals surface area (Å²) in [5.74, 6) is -2.51. The number of aliphatic hydroxyl groups excluding tert-OH is 1. The van der Waals surface area contributed by atoms with E-state index in [0.717, 1.165) is 31.7 Å². The molecular formula is C22H19FN2O5. The van der Waals surface area contributed by atoms with Crippen LogP contribution in [-0.2, 0) is 9.59 Å². The highest BCUT2D eigenvalue weighted by molar-refractivity contribution is 6.46. The zero-order valence-corrected chi connectivity index (χ0v) is 16.0. The number of carbonyl (C=O) groups is 2. The molecule has 0 spiro atoms. The summed E-state index contributed by atoms with van der Waals surface area (Å²) >= 11 is 0. The molecule has 1 saturated heterocycles. The van der Waals surface area contributed by atoms with Gasteiger partial charge in [-0.05, 0) is 30.5 Å². The number of nitrogens with zero attached hydrogens (tertiary/aromatic N) is 2. The van der Waals surface area contributed by atoms with Crippen molar-refractivity contribution in [3.05, 3.63) is 81.2 Å². The van der Waals surface area contributed by atoms with E-state index in [1.165, 1.54) is 47.4 Å². The third kappa shape index (κ3) is 3.34.